The van der Waals surface area contributed by atoms with E-state index in [9.17, 15) is 10.4 Å². The molecule has 158 valence electrons. The minimum atomic E-state index is -0.587. The highest BCUT2D eigenvalue weighted by molar-refractivity contribution is 5.67. The molecule has 8 nitrogen and oxygen atoms in total. The first kappa shape index (κ1) is 19.8. The molecule has 32 heavy (non-hydrogen) atoms. The summed E-state index contributed by atoms with van der Waals surface area (Å²) in [5, 5.41) is 26.8. The summed E-state index contributed by atoms with van der Waals surface area (Å²) in [5.41, 5.74) is 3.70. The Kier molecular flexibility index (Phi) is 5.09. The molecule has 1 aliphatic heterocycles. The van der Waals surface area contributed by atoms with Crippen LogP contribution in [0.3, 0.4) is 0 Å². The van der Waals surface area contributed by atoms with Crippen molar-refractivity contribution in [1.29, 1.82) is 5.26 Å². The highest BCUT2D eigenvalue weighted by Crippen LogP contribution is 2.33. The second kappa shape index (κ2) is 8.21. The van der Waals surface area contributed by atoms with Gasteiger partial charge in [0.25, 0.3) is 0 Å². The van der Waals surface area contributed by atoms with Gasteiger partial charge in [-0.15, -0.1) is 0 Å². The van der Waals surface area contributed by atoms with Crippen molar-refractivity contribution in [1.82, 2.24) is 25.4 Å². The molecule has 1 fully saturated rings. The fourth-order valence-corrected chi connectivity index (χ4v) is 3.92. The number of nitrogens with one attached hydrogen (secondary N) is 1. The third kappa shape index (κ3) is 3.70. The number of benzene rings is 1. The van der Waals surface area contributed by atoms with Crippen molar-refractivity contribution in [2.24, 2.45) is 0 Å². The van der Waals surface area contributed by atoms with E-state index in [2.05, 4.69) is 26.5 Å². The molecule has 0 amide bonds. The van der Waals surface area contributed by atoms with Crippen LogP contribution in [-0.4, -0.2) is 38.3 Å². The smallest absolute Gasteiger partial charge is 0.187 e. The van der Waals surface area contributed by atoms with E-state index in [1.807, 2.05) is 12.1 Å². The summed E-state index contributed by atoms with van der Waals surface area (Å²) >= 11 is 0. The second-order valence-corrected chi connectivity index (χ2v) is 7.79. The van der Waals surface area contributed by atoms with E-state index >= 15 is 0 Å². The van der Waals surface area contributed by atoms with E-state index in [4.69, 9.17) is 9.51 Å². The number of hydrogen-bond acceptors (Lipinski definition) is 8. The van der Waals surface area contributed by atoms with Crippen LogP contribution in [0.5, 0.6) is 5.75 Å². The van der Waals surface area contributed by atoms with Gasteiger partial charge in [0, 0.05) is 23.4 Å². The van der Waals surface area contributed by atoms with Crippen molar-refractivity contribution in [3.63, 3.8) is 0 Å². The number of rotatable bonds is 4. The van der Waals surface area contributed by atoms with Crippen LogP contribution in [0, 0.1) is 11.3 Å². The first-order valence-electron chi connectivity index (χ1n) is 10.3. The van der Waals surface area contributed by atoms with Crippen molar-refractivity contribution < 1.29 is 9.63 Å². The van der Waals surface area contributed by atoms with Crippen LogP contribution < -0.4 is 5.32 Å². The van der Waals surface area contributed by atoms with Crippen LogP contribution in [0.2, 0.25) is 0 Å². The van der Waals surface area contributed by atoms with Gasteiger partial charge in [-0.05, 0) is 62.3 Å². The molecule has 4 heterocycles. The molecule has 0 atom stereocenters. The standard InChI is InChI=1S/C24H20N6O2/c25-15-24(6-9-26-10-7-24)23-11-17(5-8-28-23)20-13-27-14-21(29-20)22-12-19(30-32-22)16-1-3-18(31)4-2-16/h1-5,8,11-14,26,31H,6-7,9-10H2. The van der Waals surface area contributed by atoms with Gasteiger partial charge < -0.3 is 14.9 Å². The second-order valence-electron chi connectivity index (χ2n) is 7.79. The molecule has 1 aromatic carbocycles. The molecule has 0 spiro atoms. The van der Waals surface area contributed by atoms with E-state index in [0.717, 1.165) is 42.8 Å². The summed E-state index contributed by atoms with van der Waals surface area (Å²) < 4.78 is 5.50. The van der Waals surface area contributed by atoms with Crippen molar-refractivity contribution >= 4 is 0 Å². The molecule has 5 rings (SSSR count). The van der Waals surface area contributed by atoms with E-state index in [1.165, 1.54) is 0 Å². The molecule has 1 saturated heterocycles. The highest BCUT2D eigenvalue weighted by Gasteiger charge is 2.35. The van der Waals surface area contributed by atoms with Gasteiger partial charge in [-0.2, -0.15) is 5.26 Å². The fourth-order valence-electron chi connectivity index (χ4n) is 3.92. The number of hydrogen-bond donors (Lipinski definition) is 2. The first-order chi connectivity index (χ1) is 15.7. The summed E-state index contributed by atoms with van der Waals surface area (Å²) in [6, 6.07) is 14.8. The van der Waals surface area contributed by atoms with Crippen molar-refractivity contribution in [3.05, 3.63) is 66.7 Å². The number of aromatic hydroxyl groups is 1. The van der Waals surface area contributed by atoms with Crippen molar-refractivity contribution in [3.8, 4) is 45.8 Å². The molecule has 4 aromatic rings. The topological polar surface area (TPSA) is 121 Å². The van der Waals surface area contributed by atoms with E-state index in [-0.39, 0.29) is 5.75 Å². The number of piperidine rings is 1. The predicted octanol–water partition coefficient (Wildman–Crippen LogP) is 3.71. The Labute approximate surface area is 184 Å². The van der Waals surface area contributed by atoms with E-state index < -0.39 is 5.41 Å². The van der Waals surface area contributed by atoms with Gasteiger partial charge in [0.05, 0.1) is 29.9 Å². The molecule has 0 saturated carbocycles. The van der Waals surface area contributed by atoms with Crippen LogP contribution in [0.25, 0.3) is 34.0 Å². The van der Waals surface area contributed by atoms with Gasteiger partial charge in [-0.1, -0.05) is 5.16 Å². The summed E-state index contributed by atoms with van der Waals surface area (Å²) in [6.07, 6.45) is 6.47. The van der Waals surface area contributed by atoms with Crippen LogP contribution in [-0.2, 0) is 5.41 Å². The number of nitrogens with zero attached hydrogens (tertiary/aromatic N) is 5. The largest absolute Gasteiger partial charge is 0.508 e. The Morgan fingerprint density at radius 3 is 2.53 bits per heavy atom. The molecule has 0 unspecified atom stereocenters. The fraction of sp³-hybridized carbons (Fsp3) is 0.208. The molecular formula is C24H20N6O2. The van der Waals surface area contributed by atoms with Crippen LogP contribution in [0.4, 0.5) is 0 Å². The molecule has 3 aromatic heterocycles. The monoisotopic (exact) mass is 424 g/mol. The minimum Gasteiger partial charge on any atom is -0.508 e. The van der Waals surface area contributed by atoms with E-state index in [1.54, 1.807) is 48.9 Å². The van der Waals surface area contributed by atoms with Gasteiger partial charge in [0.15, 0.2) is 5.76 Å². The zero-order chi connectivity index (χ0) is 22.0. The molecule has 0 radical (unpaired) electrons. The maximum absolute atomic E-state index is 9.88. The lowest BCUT2D eigenvalue weighted by Crippen LogP contribution is -2.39. The molecule has 2 N–H and O–H groups in total. The Bertz CT molecular complexity index is 1290. The van der Waals surface area contributed by atoms with Crippen molar-refractivity contribution in [2.45, 2.75) is 18.3 Å². The van der Waals surface area contributed by atoms with E-state index in [0.29, 0.717) is 22.8 Å². The van der Waals surface area contributed by atoms with Gasteiger partial charge in [0.2, 0.25) is 0 Å². The number of nitriles is 1. The van der Waals surface area contributed by atoms with Gasteiger partial charge in [-0.25, -0.2) is 4.98 Å². The summed E-state index contributed by atoms with van der Waals surface area (Å²) in [4.78, 5) is 13.6. The predicted molar refractivity (Wildman–Crippen MR) is 117 cm³/mol. The Morgan fingerprint density at radius 2 is 1.75 bits per heavy atom. The average molecular weight is 424 g/mol. The van der Waals surface area contributed by atoms with Gasteiger partial charge >= 0.3 is 0 Å². The lowest BCUT2D eigenvalue weighted by molar-refractivity contribution is 0.375. The normalized spacial score (nSPS) is 15.2. The number of phenolic OH excluding ortho intramolecular Hbond substituents is 1. The summed E-state index contributed by atoms with van der Waals surface area (Å²) in [6.45, 7) is 1.59. The number of pyridine rings is 1. The SMILES string of the molecule is N#CC1(c2cc(-c3cncc(-c4cc(-c5ccc(O)cc5)no4)n3)ccn2)CCNCC1. The maximum Gasteiger partial charge on any atom is 0.187 e. The van der Waals surface area contributed by atoms with Crippen LogP contribution >= 0.6 is 0 Å². The number of phenols is 1. The molecule has 0 aliphatic carbocycles. The first-order valence-corrected chi connectivity index (χ1v) is 10.3. The Balaban J connectivity index is 1.46. The minimum absolute atomic E-state index is 0.190. The Morgan fingerprint density at radius 1 is 0.969 bits per heavy atom. The Hall–Kier alpha value is -4.09. The summed E-state index contributed by atoms with van der Waals surface area (Å²) in [7, 11) is 0. The maximum atomic E-state index is 9.88. The van der Waals surface area contributed by atoms with Gasteiger partial charge in [-0.3, -0.25) is 9.97 Å². The number of aromatic nitrogens is 4. The van der Waals surface area contributed by atoms with Crippen molar-refractivity contribution in [2.75, 3.05) is 13.1 Å². The molecule has 0 bridgehead atoms. The lowest BCUT2D eigenvalue weighted by Gasteiger charge is -2.30. The third-order valence-electron chi connectivity index (χ3n) is 5.78. The zero-order valence-electron chi connectivity index (χ0n) is 17.2. The lowest BCUT2D eigenvalue weighted by atomic mass is 9.77. The highest BCUT2D eigenvalue weighted by atomic mass is 16.5. The zero-order valence-corrected chi connectivity index (χ0v) is 17.2. The summed E-state index contributed by atoms with van der Waals surface area (Å²) in [5.74, 6) is 0.680. The van der Waals surface area contributed by atoms with Crippen LogP contribution in [0.15, 0.2) is 65.6 Å². The average Bonchev–Trinajstić information content (AvgIpc) is 3.35. The molecular weight excluding hydrogens is 404 g/mol. The molecule has 8 heteroatoms. The van der Waals surface area contributed by atoms with Gasteiger partial charge in [0.1, 0.15) is 22.6 Å². The third-order valence-corrected chi connectivity index (χ3v) is 5.78. The van der Waals surface area contributed by atoms with Crippen LogP contribution in [0.1, 0.15) is 18.5 Å². The quantitative estimate of drug-likeness (QED) is 0.509. The molecule has 1 aliphatic rings.